The lowest BCUT2D eigenvalue weighted by molar-refractivity contribution is -0.139. The number of anilines is 1. The molecule has 0 radical (unpaired) electrons. The van der Waals surface area contributed by atoms with Gasteiger partial charge in [0.05, 0.1) is 10.6 Å². The maximum absolute atomic E-state index is 14.2. The normalized spacial score (nSPS) is 14.0. The highest BCUT2D eigenvalue weighted by atomic mass is 79.9. The van der Waals surface area contributed by atoms with Crippen molar-refractivity contribution in [2.45, 2.75) is 63.1 Å². The molecule has 1 aliphatic carbocycles. The molecule has 0 aliphatic heterocycles. The van der Waals surface area contributed by atoms with Crippen LogP contribution in [0.1, 0.15) is 43.7 Å². The summed E-state index contributed by atoms with van der Waals surface area (Å²) < 4.78 is 36.2. The molecule has 1 saturated carbocycles. The molecule has 46 heavy (non-hydrogen) atoms. The van der Waals surface area contributed by atoms with Crippen LogP contribution in [0.2, 0.25) is 0 Å². The van der Waals surface area contributed by atoms with Crippen molar-refractivity contribution in [2.24, 2.45) is 0 Å². The van der Waals surface area contributed by atoms with Crippen LogP contribution in [0.25, 0.3) is 0 Å². The molecular weight excluding hydrogens is 666 g/mol. The quantitative estimate of drug-likeness (QED) is 0.168. The third-order valence-electron chi connectivity index (χ3n) is 8.13. The average molecular weight is 705 g/mol. The summed E-state index contributed by atoms with van der Waals surface area (Å²) in [7, 11) is -4.18. The van der Waals surface area contributed by atoms with Gasteiger partial charge in [0.25, 0.3) is 10.0 Å². The van der Waals surface area contributed by atoms with Gasteiger partial charge in [-0.15, -0.1) is 0 Å². The van der Waals surface area contributed by atoms with E-state index in [4.69, 9.17) is 4.74 Å². The van der Waals surface area contributed by atoms with Gasteiger partial charge in [-0.1, -0.05) is 76.8 Å². The van der Waals surface area contributed by atoms with E-state index in [0.29, 0.717) is 17.2 Å². The Morgan fingerprint density at radius 1 is 0.870 bits per heavy atom. The van der Waals surface area contributed by atoms with Crippen molar-refractivity contribution >= 4 is 43.5 Å². The van der Waals surface area contributed by atoms with Crippen molar-refractivity contribution in [3.05, 3.63) is 119 Å². The molecule has 8 nitrogen and oxygen atoms in total. The number of hydrogen-bond donors (Lipinski definition) is 1. The fraction of sp³-hybridized carbons (Fsp3) is 0.278. The number of hydrogen-bond acceptors (Lipinski definition) is 5. The van der Waals surface area contributed by atoms with E-state index < -0.39 is 28.5 Å². The first-order chi connectivity index (χ1) is 22.1. The number of aryl methyl sites for hydroxylation is 1. The van der Waals surface area contributed by atoms with E-state index in [1.165, 1.54) is 17.0 Å². The minimum atomic E-state index is -4.18. The van der Waals surface area contributed by atoms with E-state index in [1.54, 1.807) is 43.3 Å². The van der Waals surface area contributed by atoms with Crippen molar-refractivity contribution in [3.8, 4) is 11.5 Å². The average Bonchev–Trinajstić information content (AvgIpc) is 3.57. The largest absolute Gasteiger partial charge is 0.457 e. The monoisotopic (exact) mass is 703 g/mol. The highest BCUT2D eigenvalue weighted by Gasteiger charge is 2.33. The Balaban J connectivity index is 1.46. The summed E-state index contributed by atoms with van der Waals surface area (Å²) in [6.45, 7) is 3.19. The Bertz CT molecular complexity index is 1730. The molecule has 0 unspecified atom stereocenters. The summed E-state index contributed by atoms with van der Waals surface area (Å²) in [6.07, 6.45) is 3.93. The Kier molecular flexibility index (Phi) is 10.8. The molecule has 2 amide bonds. The van der Waals surface area contributed by atoms with Gasteiger partial charge in [-0.3, -0.25) is 13.9 Å². The third kappa shape index (κ3) is 8.35. The van der Waals surface area contributed by atoms with Crippen LogP contribution in [0.5, 0.6) is 11.5 Å². The molecule has 10 heteroatoms. The molecule has 4 aromatic rings. The van der Waals surface area contributed by atoms with Crippen molar-refractivity contribution in [3.63, 3.8) is 0 Å². The summed E-state index contributed by atoms with van der Waals surface area (Å²) in [6, 6.07) is 29.1. The number of sulfonamides is 1. The molecule has 0 aromatic heterocycles. The Morgan fingerprint density at radius 2 is 1.48 bits per heavy atom. The van der Waals surface area contributed by atoms with E-state index in [1.807, 2.05) is 61.5 Å². The third-order valence-corrected chi connectivity index (χ3v) is 10.4. The topological polar surface area (TPSA) is 96.0 Å². The lowest BCUT2D eigenvalue weighted by Gasteiger charge is -2.32. The molecule has 0 bridgehead atoms. The highest BCUT2D eigenvalue weighted by molar-refractivity contribution is 9.10. The van der Waals surface area contributed by atoms with E-state index in [9.17, 15) is 18.0 Å². The molecular formula is C36H38BrN3O5S. The SMILES string of the molecule is Cc1ccc(S(=O)(=O)N(CC(=O)N(Cc2ccc(Br)cc2)[C@@H](C)C(=O)NC2CCCC2)c2ccc(Oc3ccccc3)cc2)cc1. The molecule has 240 valence electrons. The van der Waals surface area contributed by atoms with Gasteiger partial charge in [0.2, 0.25) is 11.8 Å². The summed E-state index contributed by atoms with van der Waals surface area (Å²) in [5.41, 5.74) is 2.01. The smallest absolute Gasteiger partial charge is 0.264 e. The number of halogens is 1. The molecule has 1 N–H and O–H groups in total. The Hall–Kier alpha value is -4.15. The maximum Gasteiger partial charge on any atom is 0.264 e. The summed E-state index contributed by atoms with van der Waals surface area (Å²) >= 11 is 3.45. The molecule has 0 spiro atoms. The van der Waals surface area contributed by atoms with Crippen LogP contribution in [-0.2, 0) is 26.2 Å². The number of nitrogens with zero attached hydrogens (tertiary/aromatic N) is 2. The second-order valence-corrected chi connectivity index (χ2v) is 14.3. The summed E-state index contributed by atoms with van der Waals surface area (Å²) in [5, 5.41) is 3.10. The van der Waals surface area contributed by atoms with E-state index >= 15 is 0 Å². The zero-order valence-electron chi connectivity index (χ0n) is 25.9. The first kappa shape index (κ1) is 33.2. The van der Waals surface area contributed by atoms with Gasteiger partial charge in [0.1, 0.15) is 24.1 Å². The van der Waals surface area contributed by atoms with Gasteiger partial charge in [-0.2, -0.15) is 0 Å². The number of benzene rings is 4. The predicted octanol–water partition coefficient (Wildman–Crippen LogP) is 7.22. The standard InChI is InChI=1S/C36H38BrN3O5S/c1-26-12-22-34(23-13-26)46(43,44)40(31-18-20-33(21-19-31)45-32-10-4-3-5-11-32)25-35(41)39(24-28-14-16-29(37)17-15-28)27(2)36(42)38-30-8-6-7-9-30/h3-5,10-23,27,30H,6-9,24-25H2,1-2H3,(H,38,42)/t27-/m0/s1. The Labute approximate surface area is 279 Å². The van der Waals surface area contributed by atoms with Crippen molar-refractivity contribution in [1.29, 1.82) is 0 Å². The van der Waals surface area contributed by atoms with Gasteiger partial charge in [0.15, 0.2) is 0 Å². The zero-order chi connectivity index (χ0) is 32.7. The van der Waals surface area contributed by atoms with Crippen molar-refractivity contribution < 1.29 is 22.7 Å². The van der Waals surface area contributed by atoms with Crippen LogP contribution < -0.4 is 14.4 Å². The minimum Gasteiger partial charge on any atom is -0.457 e. The lowest BCUT2D eigenvalue weighted by atomic mass is 10.1. The summed E-state index contributed by atoms with van der Waals surface area (Å²) in [5.74, 6) is 0.399. The molecule has 1 aliphatic rings. The van der Waals surface area contributed by atoms with Crippen LogP contribution in [0.15, 0.2) is 112 Å². The first-order valence-electron chi connectivity index (χ1n) is 15.4. The lowest BCUT2D eigenvalue weighted by Crippen LogP contribution is -2.52. The highest BCUT2D eigenvalue weighted by Crippen LogP contribution is 2.29. The van der Waals surface area contributed by atoms with E-state index in [-0.39, 0.29) is 23.4 Å². The van der Waals surface area contributed by atoms with E-state index in [2.05, 4.69) is 21.2 Å². The second-order valence-electron chi connectivity index (χ2n) is 11.5. The van der Waals surface area contributed by atoms with Gasteiger partial charge < -0.3 is 15.0 Å². The van der Waals surface area contributed by atoms with Crippen LogP contribution in [-0.4, -0.2) is 43.8 Å². The fourth-order valence-electron chi connectivity index (χ4n) is 5.43. The molecule has 5 rings (SSSR count). The second kappa shape index (κ2) is 15.0. The maximum atomic E-state index is 14.2. The molecule has 1 fully saturated rings. The van der Waals surface area contributed by atoms with E-state index in [0.717, 1.165) is 45.6 Å². The number of amides is 2. The number of nitrogens with one attached hydrogen (secondary N) is 1. The van der Waals surface area contributed by atoms with Crippen LogP contribution in [0, 0.1) is 6.92 Å². The number of carbonyl (C=O) groups is 2. The number of para-hydroxylation sites is 1. The van der Waals surface area contributed by atoms with Gasteiger partial charge in [-0.25, -0.2) is 8.42 Å². The van der Waals surface area contributed by atoms with Crippen LogP contribution >= 0.6 is 15.9 Å². The van der Waals surface area contributed by atoms with Gasteiger partial charge in [-0.05, 0) is 92.9 Å². The molecule has 1 atom stereocenters. The number of carbonyl (C=O) groups excluding carboxylic acids is 2. The first-order valence-corrected chi connectivity index (χ1v) is 17.6. The Morgan fingerprint density at radius 3 is 2.11 bits per heavy atom. The number of rotatable bonds is 12. The molecule has 0 heterocycles. The van der Waals surface area contributed by atoms with Crippen LogP contribution in [0.4, 0.5) is 5.69 Å². The molecule has 0 saturated heterocycles. The molecule has 4 aromatic carbocycles. The predicted molar refractivity (Wildman–Crippen MR) is 183 cm³/mol. The number of ether oxygens (including phenoxy) is 1. The van der Waals surface area contributed by atoms with Crippen molar-refractivity contribution in [1.82, 2.24) is 10.2 Å². The van der Waals surface area contributed by atoms with Gasteiger partial charge in [0, 0.05) is 17.1 Å². The minimum absolute atomic E-state index is 0.0574. The van der Waals surface area contributed by atoms with Crippen LogP contribution in [0.3, 0.4) is 0 Å². The summed E-state index contributed by atoms with van der Waals surface area (Å²) in [4.78, 5) is 29.2. The fourth-order valence-corrected chi connectivity index (χ4v) is 7.11. The zero-order valence-corrected chi connectivity index (χ0v) is 28.3. The van der Waals surface area contributed by atoms with Gasteiger partial charge >= 0.3 is 0 Å². The van der Waals surface area contributed by atoms with Crippen molar-refractivity contribution in [2.75, 3.05) is 10.8 Å².